The van der Waals surface area contributed by atoms with Crippen molar-refractivity contribution in [2.24, 2.45) is 11.3 Å². The standard InChI is InChI=1S/C12H21NO3/c1-8(2)5-9(7-14)13-10(15)6-12(3,4)11(13)16/h8-9,14H,5-7H2,1-4H3. The van der Waals surface area contributed by atoms with Crippen LogP contribution in [0.15, 0.2) is 0 Å². The molecule has 1 unspecified atom stereocenters. The van der Waals surface area contributed by atoms with E-state index in [1.807, 2.05) is 13.8 Å². The zero-order valence-electron chi connectivity index (χ0n) is 10.5. The highest BCUT2D eigenvalue weighted by molar-refractivity contribution is 6.05. The highest BCUT2D eigenvalue weighted by Crippen LogP contribution is 2.33. The predicted molar refractivity (Wildman–Crippen MR) is 60.6 cm³/mol. The summed E-state index contributed by atoms with van der Waals surface area (Å²) in [6.07, 6.45) is 0.907. The second kappa shape index (κ2) is 4.53. The topological polar surface area (TPSA) is 57.6 Å². The van der Waals surface area contributed by atoms with E-state index in [-0.39, 0.29) is 30.9 Å². The van der Waals surface area contributed by atoms with Gasteiger partial charge in [-0.05, 0) is 12.3 Å². The van der Waals surface area contributed by atoms with Crippen LogP contribution in [-0.2, 0) is 9.59 Å². The lowest BCUT2D eigenvalue weighted by molar-refractivity contribution is -0.144. The van der Waals surface area contributed by atoms with E-state index in [1.165, 1.54) is 4.90 Å². The van der Waals surface area contributed by atoms with Crippen molar-refractivity contribution in [1.29, 1.82) is 0 Å². The number of imide groups is 1. The number of amides is 2. The van der Waals surface area contributed by atoms with E-state index < -0.39 is 5.41 Å². The zero-order chi connectivity index (χ0) is 12.5. The summed E-state index contributed by atoms with van der Waals surface area (Å²) in [4.78, 5) is 25.1. The Morgan fingerprint density at radius 2 is 1.94 bits per heavy atom. The highest BCUT2D eigenvalue weighted by atomic mass is 16.3. The number of hydrogen-bond donors (Lipinski definition) is 1. The molecule has 4 heteroatoms. The van der Waals surface area contributed by atoms with Crippen molar-refractivity contribution in [3.8, 4) is 0 Å². The van der Waals surface area contributed by atoms with Gasteiger partial charge in [0.25, 0.3) is 0 Å². The smallest absolute Gasteiger partial charge is 0.235 e. The summed E-state index contributed by atoms with van der Waals surface area (Å²) in [5.74, 6) is 0.0355. The Kier molecular flexibility index (Phi) is 3.73. The summed E-state index contributed by atoms with van der Waals surface area (Å²) in [7, 11) is 0. The van der Waals surface area contributed by atoms with Gasteiger partial charge < -0.3 is 5.11 Å². The Hall–Kier alpha value is -0.900. The molecule has 0 aromatic heterocycles. The maximum absolute atomic E-state index is 12.0. The number of rotatable bonds is 4. The van der Waals surface area contributed by atoms with Crippen LogP contribution in [0.4, 0.5) is 0 Å². The quantitative estimate of drug-likeness (QED) is 0.734. The average Bonchev–Trinajstić information content (AvgIpc) is 2.33. The number of likely N-dealkylation sites (tertiary alicyclic amines) is 1. The molecule has 4 nitrogen and oxygen atoms in total. The Bertz CT molecular complexity index is 297. The van der Waals surface area contributed by atoms with Crippen LogP contribution in [0, 0.1) is 11.3 Å². The highest BCUT2D eigenvalue weighted by Gasteiger charge is 2.47. The average molecular weight is 227 g/mol. The Morgan fingerprint density at radius 1 is 1.38 bits per heavy atom. The van der Waals surface area contributed by atoms with E-state index in [4.69, 9.17) is 0 Å². The van der Waals surface area contributed by atoms with Crippen molar-refractivity contribution >= 4 is 11.8 Å². The van der Waals surface area contributed by atoms with Gasteiger partial charge in [-0.15, -0.1) is 0 Å². The molecule has 1 atom stereocenters. The number of carbonyl (C=O) groups is 2. The number of hydrogen-bond acceptors (Lipinski definition) is 3. The molecule has 0 aromatic carbocycles. The fourth-order valence-corrected chi connectivity index (χ4v) is 2.15. The third kappa shape index (κ3) is 2.43. The van der Waals surface area contributed by atoms with Crippen LogP contribution in [0.25, 0.3) is 0 Å². The molecule has 0 aliphatic carbocycles. The minimum absolute atomic E-state index is 0.147. The second-order valence-electron chi connectivity index (χ2n) is 5.60. The third-order valence-electron chi connectivity index (χ3n) is 2.98. The van der Waals surface area contributed by atoms with Gasteiger partial charge in [-0.1, -0.05) is 27.7 Å². The first-order chi connectivity index (χ1) is 7.29. The Morgan fingerprint density at radius 3 is 2.25 bits per heavy atom. The van der Waals surface area contributed by atoms with Gasteiger partial charge in [-0.25, -0.2) is 0 Å². The molecule has 1 saturated heterocycles. The maximum Gasteiger partial charge on any atom is 0.235 e. The van der Waals surface area contributed by atoms with Crippen LogP contribution < -0.4 is 0 Å². The van der Waals surface area contributed by atoms with Gasteiger partial charge in [0.05, 0.1) is 18.1 Å². The fourth-order valence-electron chi connectivity index (χ4n) is 2.15. The van der Waals surface area contributed by atoms with E-state index in [9.17, 15) is 14.7 Å². The monoisotopic (exact) mass is 227 g/mol. The molecular weight excluding hydrogens is 206 g/mol. The van der Waals surface area contributed by atoms with Gasteiger partial charge in [-0.3, -0.25) is 14.5 Å². The molecule has 0 aromatic rings. The molecule has 1 N–H and O–H groups in total. The molecule has 16 heavy (non-hydrogen) atoms. The van der Waals surface area contributed by atoms with Crippen LogP contribution >= 0.6 is 0 Å². The van der Waals surface area contributed by atoms with E-state index >= 15 is 0 Å². The lowest BCUT2D eigenvalue weighted by atomic mass is 9.92. The van der Waals surface area contributed by atoms with Crippen LogP contribution in [0.5, 0.6) is 0 Å². The number of nitrogens with zero attached hydrogens (tertiary/aromatic N) is 1. The van der Waals surface area contributed by atoms with Gasteiger partial charge in [0, 0.05) is 6.42 Å². The Balaban J connectivity index is 2.86. The van der Waals surface area contributed by atoms with Gasteiger partial charge >= 0.3 is 0 Å². The molecule has 0 saturated carbocycles. The fraction of sp³-hybridized carbons (Fsp3) is 0.833. The molecule has 1 rings (SSSR count). The molecule has 0 radical (unpaired) electrons. The van der Waals surface area contributed by atoms with Crippen molar-refractivity contribution < 1.29 is 14.7 Å². The van der Waals surface area contributed by atoms with E-state index in [1.54, 1.807) is 13.8 Å². The first-order valence-electron chi connectivity index (χ1n) is 5.77. The van der Waals surface area contributed by atoms with Crippen molar-refractivity contribution in [3.63, 3.8) is 0 Å². The maximum atomic E-state index is 12.0. The summed E-state index contributed by atoms with van der Waals surface area (Å²) < 4.78 is 0. The molecule has 92 valence electrons. The third-order valence-corrected chi connectivity index (χ3v) is 2.98. The molecule has 0 bridgehead atoms. The van der Waals surface area contributed by atoms with Crippen LogP contribution in [0.1, 0.15) is 40.5 Å². The summed E-state index contributed by atoms with van der Waals surface area (Å²) in [5, 5.41) is 9.29. The molecule has 0 spiro atoms. The van der Waals surface area contributed by atoms with E-state index in [0.717, 1.165) is 0 Å². The zero-order valence-corrected chi connectivity index (χ0v) is 10.5. The molecule has 1 fully saturated rings. The van der Waals surface area contributed by atoms with Crippen LogP contribution in [0.2, 0.25) is 0 Å². The normalized spacial score (nSPS) is 22.0. The molecule has 1 aliphatic heterocycles. The molecular formula is C12H21NO3. The first-order valence-corrected chi connectivity index (χ1v) is 5.77. The van der Waals surface area contributed by atoms with Crippen molar-refractivity contribution in [3.05, 3.63) is 0 Å². The molecule has 2 amide bonds. The number of carbonyl (C=O) groups excluding carboxylic acids is 2. The van der Waals surface area contributed by atoms with Crippen molar-refractivity contribution in [2.75, 3.05) is 6.61 Å². The summed E-state index contributed by atoms with van der Waals surface area (Å²) in [6, 6.07) is -0.359. The summed E-state index contributed by atoms with van der Waals surface area (Å²) in [5.41, 5.74) is -0.610. The summed E-state index contributed by atoms with van der Waals surface area (Å²) >= 11 is 0. The van der Waals surface area contributed by atoms with Crippen molar-refractivity contribution in [1.82, 2.24) is 4.90 Å². The van der Waals surface area contributed by atoms with Gasteiger partial charge in [0.2, 0.25) is 11.8 Å². The number of aliphatic hydroxyl groups excluding tert-OH is 1. The SMILES string of the molecule is CC(C)CC(CO)N1C(=O)CC(C)(C)C1=O. The predicted octanol–water partition coefficient (Wildman–Crippen LogP) is 1.18. The van der Waals surface area contributed by atoms with Crippen LogP contribution in [0.3, 0.4) is 0 Å². The molecule has 1 heterocycles. The van der Waals surface area contributed by atoms with Gasteiger partial charge in [-0.2, -0.15) is 0 Å². The minimum atomic E-state index is -0.610. The first kappa shape index (κ1) is 13.2. The van der Waals surface area contributed by atoms with E-state index in [0.29, 0.717) is 12.3 Å². The van der Waals surface area contributed by atoms with E-state index in [2.05, 4.69) is 0 Å². The number of aliphatic hydroxyl groups is 1. The minimum Gasteiger partial charge on any atom is -0.394 e. The summed E-state index contributed by atoms with van der Waals surface area (Å²) in [6.45, 7) is 7.43. The lowest BCUT2D eigenvalue weighted by Gasteiger charge is -2.27. The molecule has 1 aliphatic rings. The lowest BCUT2D eigenvalue weighted by Crippen LogP contribution is -2.44. The van der Waals surface area contributed by atoms with Crippen LogP contribution in [-0.4, -0.2) is 34.5 Å². The largest absolute Gasteiger partial charge is 0.394 e. The second-order valence-corrected chi connectivity index (χ2v) is 5.60. The Labute approximate surface area is 96.6 Å². The van der Waals surface area contributed by atoms with Gasteiger partial charge in [0.1, 0.15) is 0 Å². The van der Waals surface area contributed by atoms with Gasteiger partial charge in [0.15, 0.2) is 0 Å². The van der Waals surface area contributed by atoms with Crippen molar-refractivity contribution in [2.45, 2.75) is 46.6 Å².